The molecule has 0 spiro atoms. The monoisotopic (exact) mass is 283 g/mol. The quantitative estimate of drug-likeness (QED) is 0.877. The van der Waals surface area contributed by atoms with Gasteiger partial charge in [-0.3, -0.25) is 4.79 Å². The minimum Gasteiger partial charge on any atom is -0.449 e. The van der Waals surface area contributed by atoms with E-state index >= 15 is 0 Å². The molecule has 0 unspecified atom stereocenters. The van der Waals surface area contributed by atoms with Crippen LogP contribution in [-0.2, 0) is 9.53 Å². The van der Waals surface area contributed by atoms with Gasteiger partial charge in [0, 0.05) is 5.69 Å². The van der Waals surface area contributed by atoms with Gasteiger partial charge in [0.25, 0.3) is 5.91 Å². The van der Waals surface area contributed by atoms with E-state index in [1.165, 1.54) is 0 Å². The van der Waals surface area contributed by atoms with E-state index in [1.807, 2.05) is 37.3 Å². The summed E-state index contributed by atoms with van der Waals surface area (Å²) in [6.07, 6.45) is -0.864. The number of carbonyl (C=O) groups excluding carboxylic acids is 2. The highest BCUT2D eigenvalue weighted by Gasteiger charge is 2.19. The van der Waals surface area contributed by atoms with Crippen molar-refractivity contribution in [1.29, 1.82) is 0 Å². The third-order valence-electron chi connectivity index (χ3n) is 3.06. The average Bonchev–Trinajstić information content (AvgIpc) is 2.48. The van der Waals surface area contributed by atoms with Gasteiger partial charge in [0.05, 0.1) is 5.56 Å². The number of aryl methyl sites for hydroxylation is 1. The average molecular weight is 283 g/mol. The number of nitrogens with one attached hydrogen (secondary N) is 1. The normalized spacial score (nSPS) is 11.5. The fraction of sp³-hybridized carbons (Fsp3) is 0.176. The number of amides is 1. The number of rotatable bonds is 4. The van der Waals surface area contributed by atoms with Crippen LogP contribution >= 0.6 is 0 Å². The summed E-state index contributed by atoms with van der Waals surface area (Å²) in [5, 5.41) is 2.70. The molecule has 0 aliphatic carbocycles. The second kappa shape index (κ2) is 6.70. The van der Waals surface area contributed by atoms with Crippen molar-refractivity contribution in [3.8, 4) is 0 Å². The van der Waals surface area contributed by atoms with Crippen molar-refractivity contribution in [1.82, 2.24) is 0 Å². The van der Waals surface area contributed by atoms with Crippen molar-refractivity contribution in [2.75, 3.05) is 5.32 Å². The molecule has 1 atom stereocenters. The lowest BCUT2D eigenvalue weighted by Crippen LogP contribution is -2.30. The molecule has 4 nitrogen and oxygen atoms in total. The summed E-state index contributed by atoms with van der Waals surface area (Å²) in [6, 6.07) is 16.2. The van der Waals surface area contributed by atoms with Crippen LogP contribution in [0, 0.1) is 6.92 Å². The molecule has 0 saturated carbocycles. The summed E-state index contributed by atoms with van der Waals surface area (Å²) in [7, 11) is 0. The second-order valence-corrected chi connectivity index (χ2v) is 4.72. The summed E-state index contributed by atoms with van der Waals surface area (Å²) in [4.78, 5) is 24.0. The molecule has 0 radical (unpaired) electrons. The van der Waals surface area contributed by atoms with Crippen molar-refractivity contribution < 1.29 is 14.3 Å². The highest BCUT2D eigenvalue weighted by molar-refractivity contribution is 5.97. The highest BCUT2D eigenvalue weighted by atomic mass is 16.5. The second-order valence-electron chi connectivity index (χ2n) is 4.72. The lowest BCUT2D eigenvalue weighted by Gasteiger charge is -2.14. The SMILES string of the molecule is Cc1ccccc1C(=O)O[C@H](C)C(=O)Nc1ccccc1. The van der Waals surface area contributed by atoms with Crippen LogP contribution < -0.4 is 5.32 Å². The van der Waals surface area contributed by atoms with Crippen molar-refractivity contribution in [3.05, 3.63) is 65.7 Å². The summed E-state index contributed by atoms with van der Waals surface area (Å²) in [5.41, 5.74) is 1.95. The van der Waals surface area contributed by atoms with E-state index in [0.29, 0.717) is 11.3 Å². The first kappa shape index (κ1) is 14.8. The Bertz CT molecular complexity index is 637. The van der Waals surface area contributed by atoms with Crippen LogP contribution in [0.25, 0.3) is 0 Å². The predicted molar refractivity (Wildman–Crippen MR) is 81.1 cm³/mol. The standard InChI is InChI=1S/C17H17NO3/c1-12-8-6-7-11-15(12)17(20)21-13(2)16(19)18-14-9-4-3-5-10-14/h3-11,13H,1-2H3,(H,18,19)/t13-/m1/s1. The zero-order valence-electron chi connectivity index (χ0n) is 12.0. The van der Waals surface area contributed by atoms with Crippen LogP contribution in [0.1, 0.15) is 22.8 Å². The molecule has 2 aromatic carbocycles. The first-order valence-electron chi connectivity index (χ1n) is 6.70. The maximum atomic E-state index is 12.0. The highest BCUT2D eigenvalue weighted by Crippen LogP contribution is 2.11. The van der Waals surface area contributed by atoms with Gasteiger partial charge in [0.1, 0.15) is 0 Å². The van der Waals surface area contributed by atoms with Crippen LogP contribution in [0.3, 0.4) is 0 Å². The molecule has 0 aliphatic heterocycles. The van der Waals surface area contributed by atoms with Gasteiger partial charge in [-0.05, 0) is 37.6 Å². The number of esters is 1. The maximum absolute atomic E-state index is 12.0. The number of hydrogen-bond acceptors (Lipinski definition) is 3. The van der Waals surface area contributed by atoms with Gasteiger partial charge in [0.15, 0.2) is 6.10 Å². The van der Waals surface area contributed by atoms with Gasteiger partial charge < -0.3 is 10.1 Å². The predicted octanol–water partition coefficient (Wildman–Crippen LogP) is 3.18. The molecule has 4 heteroatoms. The molecule has 0 aromatic heterocycles. The summed E-state index contributed by atoms with van der Waals surface area (Å²) in [5.74, 6) is -0.855. The molecule has 21 heavy (non-hydrogen) atoms. The Hall–Kier alpha value is -2.62. The van der Waals surface area contributed by atoms with E-state index in [9.17, 15) is 9.59 Å². The zero-order chi connectivity index (χ0) is 15.2. The fourth-order valence-corrected chi connectivity index (χ4v) is 1.84. The van der Waals surface area contributed by atoms with E-state index in [4.69, 9.17) is 4.74 Å². The van der Waals surface area contributed by atoms with E-state index < -0.39 is 12.1 Å². The molecule has 0 bridgehead atoms. The molecule has 0 saturated heterocycles. The van der Waals surface area contributed by atoms with Crippen molar-refractivity contribution in [3.63, 3.8) is 0 Å². The number of para-hydroxylation sites is 1. The maximum Gasteiger partial charge on any atom is 0.339 e. The smallest absolute Gasteiger partial charge is 0.339 e. The molecule has 1 N–H and O–H groups in total. The molecule has 108 valence electrons. The minimum absolute atomic E-state index is 0.358. The fourth-order valence-electron chi connectivity index (χ4n) is 1.84. The van der Waals surface area contributed by atoms with E-state index in [1.54, 1.807) is 31.2 Å². The lowest BCUT2D eigenvalue weighted by molar-refractivity contribution is -0.123. The van der Waals surface area contributed by atoms with Crippen molar-refractivity contribution >= 4 is 17.6 Å². The van der Waals surface area contributed by atoms with Crippen LogP contribution in [0.2, 0.25) is 0 Å². The van der Waals surface area contributed by atoms with Gasteiger partial charge in [-0.25, -0.2) is 4.79 Å². The third kappa shape index (κ3) is 3.92. The van der Waals surface area contributed by atoms with Gasteiger partial charge in [0.2, 0.25) is 0 Å². The molecular formula is C17H17NO3. The molecule has 0 fully saturated rings. The first-order valence-corrected chi connectivity index (χ1v) is 6.70. The largest absolute Gasteiger partial charge is 0.449 e. The van der Waals surface area contributed by atoms with E-state index in [-0.39, 0.29) is 5.91 Å². The Morgan fingerprint density at radius 1 is 1.00 bits per heavy atom. The summed E-state index contributed by atoms with van der Waals surface area (Å²) < 4.78 is 5.20. The first-order chi connectivity index (χ1) is 10.1. The molecule has 2 rings (SSSR count). The van der Waals surface area contributed by atoms with Crippen molar-refractivity contribution in [2.24, 2.45) is 0 Å². The molecule has 2 aromatic rings. The Morgan fingerprint density at radius 2 is 1.62 bits per heavy atom. The molecule has 0 aliphatic rings. The molecular weight excluding hydrogens is 266 g/mol. The lowest BCUT2D eigenvalue weighted by atomic mass is 10.1. The summed E-state index contributed by atoms with van der Waals surface area (Å²) in [6.45, 7) is 3.37. The molecule has 1 amide bonds. The van der Waals surface area contributed by atoms with Crippen LogP contribution in [-0.4, -0.2) is 18.0 Å². The number of hydrogen-bond donors (Lipinski definition) is 1. The number of carbonyl (C=O) groups is 2. The zero-order valence-corrected chi connectivity index (χ0v) is 12.0. The van der Waals surface area contributed by atoms with E-state index in [0.717, 1.165) is 5.56 Å². The van der Waals surface area contributed by atoms with Crippen LogP contribution in [0.4, 0.5) is 5.69 Å². The number of ether oxygens (including phenoxy) is 1. The Kier molecular flexibility index (Phi) is 4.72. The van der Waals surface area contributed by atoms with Gasteiger partial charge >= 0.3 is 5.97 Å². The van der Waals surface area contributed by atoms with Gasteiger partial charge in [-0.2, -0.15) is 0 Å². The van der Waals surface area contributed by atoms with Crippen LogP contribution in [0.15, 0.2) is 54.6 Å². The summed E-state index contributed by atoms with van der Waals surface area (Å²) >= 11 is 0. The van der Waals surface area contributed by atoms with E-state index in [2.05, 4.69) is 5.32 Å². The number of benzene rings is 2. The van der Waals surface area contributed by atoms with Crippen LogP contribution in [0.5, 0.6) is 0 Å². The third-order valence-corrected chi connectivity index (χ3v) is 3.06. The van der Waals surface area contributed by atoms with Crippen molar-refractivity contribution in [2.45, 2.75) is 20.0 Å². The van der Waals surface area contributed by atoms with Gasteiger partial charge in [-0.15, -0.1) is 0 Å². The molecule has 0 heterocycles. The van der Waals surface area contributed by atoms with Gasteiger partial charge in [-0.1, -0.05) is 36.4 Å². The Balaban J connectivity index is 1.98. The number of anilines is 1. The Morgan fingerprint density at radius 3 is 2.29 bits per heavy atom. The minimum atomic E-state index is -0.864. The Labute approximate surface area is 123 Å². The topological polar surface area (TPSA) is 55.4 Å².